The van der Waals surface area contributed by atoms with Gasteiger partial charge in [0.15, 0.2) is 5.16 Å². The van der Waals surface area contributed by atoms with E-state index in [0.717, 1.165) is 61.9 Å². The van der Waals surface area contributed by atoms with Gasteiger partial charge < -0.3 is 14.2 Å². The van der Waals surface area contributed by atoms with E-state index in [4.69, 9.17) is 9.72 Å². The fraction of sp³-hybridized carbons (Fsp3) is 0.524. The molecule has 2 aromatic rings. The molecule has 1 atom stereocenters. The van der Waals surface area contributed by atoms with Gasteiger partial charge in [-0.15, -0.1) is 0 Å². The van der Waals surface area contributed by atoms with Crippen LogP contribution in [-0.2, 0) is 22.5 Å². The largest absolute Gasteiger partial charge is 0.376 e. The summed E-state index contributed by atoms with van der Waals surface area (Å²) in [6.45, 7) is 6.62. The number of rotatable bonds is 5. The molecule has 6 heteroatoms. The topological polar surface area (TPSA) is 47.4 Å². The van der Waals surface area contributed by atoms with Crippen molar-refractivity contribution in [2.24, 2.45) is 0 Å². The van der Waals surface area contributed by atoms with Crippen molar-refractivity contribution < 1.29 is 9.53 Å². The van der Waals surface area contributed by atoms with E-state index in [0.29, 0.717) is 5.75 Å². The summed E-state index contributed by atoms with van der Waals surface area (Å²) in [7, 11) is 0. The molecule has 0 N–H and O–H groups in total. The third-order valence-corrected chi connectivity index (χ3v) is 6.53. The van der Waals surface area contributed by atoms with E-state index in [2.05, 4.69) is 29.7 Å². The molecule has 5 nitrogen and oxygen atoms in total. The molecule has 0 bridgehead atoms. The van der Waals surface area contributed by atoms with Crippen molar-refractivity contribution in [2.45, 2.75) is 57.3 Å². The van der Waals surface area contributed by atoms with E-state index >= 15 is 0 Å². The third kappa shape index (κ3) is 3.92. The summed E-state index contributed by atoms with van der Waals surface area (Å²) in [5.41, 5.74) is 4.55. The number of ether oxygens (including phenoxy) is 1. The molecule has 27 heavy (non-hydrogen) atoms. The van der Waals surface area contributed by atoms with Crippen molar-refractivity contribution >= 4 is 23.4 Å². The van der Waals surface area contributed by atoms with Crippen LogP contribution in [0.25, 0.3) is 0 Å². The van der Waals surface area contributed by atoms with E-state index in [1.54, 1.807) is 11.8 Å². The first kappa shape index (κ1) is 18.6. The number of benzene rings is 1. The van der Waals surface area contributed by atoms with Gasteiger partial charge in [0.25, 0.3) is 0 Å². The number of anilines is 1. The van der Waals surface area contributed by atoms with Crippen LogP contribution in [0.5, 0.6) is 0 Å². The van der Waals surface area contributed by atoms with Crippen LogP contribution in [0.1, 0.15) is 36.2 Å². The molecular formula is C21H27N3O2S. The van der Waals surface area contributed by atoms with Crippen LogP contribution in [0.4, 0.5) is 5.69 Å². The summed E-state index contributed by atoms with van der Waals surface area (Å²) < 4.78 is 8.03. The average Bonchev–Trinajstić information content (AvgIpc) is 3.29. The van der Waals surface area contributed by atoms with Crippen LogP contribution in [0, 0.1) is 13.8 Å². The standard InChI is InChI=1S/C21H27N3O2S/c1-15-16(2)24(13-18-9-6-12-26-18)21(22-15)27-14-20(25)23-11-5-8-17-7-3-4-10-19(17)23/h3-4,7,10,18H,5-6,8-9,11-14H2,1-2H3. The van der Waals surface area contributed by atoms with Crippen molar-refractivity contribution in [1.82, 2.24) is 9.55 Å². The number of carbonyl (C=O) groups is 1. The molecule has 2 aliphatic rings. The predicted molar refractivity (Wildman–Crippen MR) is 109 cm³/mol. The Hall–Kier alpha value is -1.79. The molecule has 0 saturated carbocycles. The Balaban J connectivity index is 1.46. The zero-order valence-electron chi connectivity index (χ0n) is 16.1. The van der Waals surface area contributed by atoms with Crippen LogP contribution in [-0.4, -0.2) is 40.5 Å². The Kier molecular flexibility index (Phi) is 5.55. The van der Waals surface area contributed by atoms with Gasteiger partial charge in [0.05, 0.1) is 24.1 Å². The maximum atomic E-state index is 12.9. The van der Waals surface area contributed by atoms with E-state index in [9.17, 15) is 4.79 Å². The summed E-state index contributed by atoms with van der Waals surface area (Å²) in [5.74, 6) is 0.574. The Morgan fingerprint density at radius 2 is 2.15 bits per heavy atom. The van der Waals surface area contributed by atoms with Gasteiger partial charge >= 0.3 is 0 Å². The molecule has 0 spiro atoms. The van der Waals surface area contributed by atoms with Gasteiger partial charge in [-0.3, -0.25) is 4.79 Å². The highest BCUT2D eigenvalue weighted by Gasteiger charge is 2.24. The number of hydrogen-bond donors (Lipinski definition) is 0. The van der Waals surface area contributed by atoms with Crippen LogP contribution >= 0.6 is 11.8 Å². The lowest BCUT2D eigenvalue weighted by atomic mass is 10.0. The van der Waals surface area contributed by atoms with E-state index in [-0.39, 0.29) is 12.0 Å². The van der Waals surface area contributed by atoms with Gasteiger partial charge in [-0.1, -0.05) is 30.0 Å². The van der Waals surface area contributed by atoms with Crippen LogP contribution in [0.3, 0.4) is 0 Å². The minimum absolute atomic E-state index is 0.161. The molecule has 1 fully saturated rings. The second-order valence-electron chi connectivity index (χ2n) is 7.38. The Bertz CT molecular complexity index is 827. The minimum Gasteiger partial charge on any atom is -0.376 e. The molecule has 1 saturated heterocycles. The monoisotopic (exact) mass is 385 g/mol. The van der Waals surface area contributed by atoms with Gasteiger partial charge in [-0.05, 0) is 51.2 Å². The number of aromatic nitrogens is 2. The number of para-hydroxylation sites is 1. The van der Waals surface area contributed by atoms with Gasteiger partial charge in [0.2, 0.25) is 5.91 Å². The predicted octanol–water partition coefficient (Wildman–Crippen LogP) is 3.75. The summed E-state index contributed by atoms with van der Waals surface area (Å²) in [4.78, 5) is 19.6. The van der Waals surface area contributed by atoms with Crippen molar-refractivity contribution in [1.29, 1.82) is 0 Å². The molecule has 4 rings (SSSR count). The maximum Gasteiger partial charge on any atom is 0.237 e. The van der Waals surface area contributed by atoms with Gasteiger partial charge in [0.1, 0.15) is 0 Å². The summed E-state index contributed by atoms with van der Waals surface area (Å²) >= 11 is 1.55. The van der Waals surface area contributed by atoms with Gasteiger partial charge in [-0.25, -0.2) is 4.98 Å². The van der Waals surface area contributed by atoms with Crippen LogP contribution in [0.2, 0.25) is 0 Å². The second-order valence-corrected chi connectivity index (χ2v) is 8.32. The van der Waals surface area contributed by atoms with E-state index < -0.39 is 0 Å². The summed E-state index contributed by atoms with van der Waals surface area (Å²) in [6, 6.07) is 8.25. The zero-order chi connectivity index (χ0) is 18.8. The number of thioether (sulfide) groups is 1. The highest BCUT2D eigenvalue weighted by molar-refractivity contribution is 7.99. The van der Waals surface area contributed by atoms with Crippen molar-refractivity contribution in [3.05, 3.63) is 41.2 Å². The molecule has 1 aromatic carbocycles. The Labute approximate surface area is 165 Å². The van der Waals surface area contributed by atoms with Gasteiger partial charge in [0, 0.05) is 24.5 Å². The molecule has 2 aliphatic heterocycles. The van der Waals surface area contributed by atoms with E-state index in [1.165, 1.54) is 11.3 Å². The first-order valence-electron chi connectivity index (χ1n) is 9.80. The molecule has 3 heterocycles. The Morgan fingerprint density at radius 1 is 1.30 bits per heavy atom. The van der Waals surface area contributed by atoms with Crippen molar-refractivity contribution in [3.63, 3.8) is 0 Å². The third-order valence-electron chi connectivity index (χ3n) is 5.57. The molecule has 0 aliphatic carbocycles. The number of carbonyl (C=O) groups excluding carboxylic acids is 1. The van der Waals surface area contributed by atoms with Crippen molar-refractivity contribution in [2.75, 3.05) is 23.8 Å². The number of aryl methyl sites for hydroxylation is 2. The van der Waals surface area contributed by atoms with Crippen LogP contribution < -0.4 is 4.90 Å². The fourth-order valence-corrected chi connectivity index (χ4v) is 4.91. The number of hydrogen-bond acceptors (Lipinski definition) is 4. The molecule has 1 aromatic heterocycles. The summed E-state index contributed by atoms with van der Waals surface area (Å²) in [6.07, 6.45) is 4.58. The maximum absolute atomic E-state index is 12.9. The lowest BCUT2D eigenvalue weighted by molar-refractivity contribution is -0.116. The zero-order valence-corrected chi connectivity index (χ0v) is 16.9. The quantitative estimate of drug-likeness (QED) is 0.736. The summed E-state index contributed by atoms with van der Waals surface area (Å²) in [5, 5.41) is 0.930. The highest BCUT2D eigenvalue weighted by Crippen LogP contribution is 2.29. The Morgan fingerprint density at radius 3 is 2.96 bits per heavy atom. The normalized spacial score (nSPS) is 19.3. The van der Waals surface area contributed by atoms with Crippen LogP contribution in [0.15, 0.2) is 29.4 Å². The lowest BCUT2D eigenvalue weighted by Crippen LogP contribution is -2.36. The number of nitrogens with zero attached hydrogens (tertiary/aromatic N) is 3. The first-order valence-corrected chi connectivity index (χ1v) is 10.8. The lowest BCUT2D eigenvalue weighted by Gasteiger charge is -2.29. The first-order chi connectivity index (χ1) is 13.1. The SMILES string of the molecule is Cc1nc(SCC(=O)N2CCCc3ccccc32)n(CC2CCCO2)c1C. The van der Waals surface area contributed by atoms with Crippen molar-refractivity contribution in [3.8, 4) is 0 Å². The number of amides is 1. The number of fused-ring (bicyclic) bond motifs is 1. The molecule has 144 valence electrons. The van der Waals surface area contributed by atoms with E-state index in [1.807, 2.05) is 17.9 Å². The second kappa shape index (κ2) is 8.07. The molecule has 0 radical (unpaired) electrons. The van der Waals surface area contributed by atoms with Gasteiger partial charge in [-0.2, -0.15) is 0 Å². The molecular weight excluding hydrogens is 358 g/mol. The smallest absolute Gasteiger partial charge is 0.237 e. The molecule has 1 unspecified atom stereocenters. The fourth-order valence-electron chi connectivity index (χ4n) is 3.94. The highest BCUT2D eigenvalue weighted by atomic mass is 32.2. The average molecular weight is 386 g/mol. The molecule has 1 amide bonds. The minimum atomic E-state index is 0.161. The number of imidazole rings is 1.